The van der Waals surface area contributed by atoms with Gasteiger partial charge in [-0.25, -0.2) is 24.4 Å². The maximum Gasteiger partial charge on any atom is 0.410 e. The van der Waals surface area contributed by atoms with E-state index in [0.717, 1.165) is 46.8 Å². The van der Waals surface area contributed by atoms with Crippen LogP contribution in [-0.4, -0.2) is 299 Å². The van der Waals surface area contributed by atoms with Crippen LogP contribution in [0.1, 0.15) is 270 Å². The molecule has 20 atom stereocenters. The van der Waals surface area contributed by atoms with Crippen molar-refractivity contribution >= 4 is 93.9 Å². The van der Waals surface area contributed by atoms with Gasteiger partial charge < -0.3 is 79.3 Å². The zero-order valence-electron chi connectivity index (χ0n) is 91.4. The molecule has 6 rings (SSSR count). The fourth-order valence-corrected chi connectivity index (χ4v) is 20.6. The number of ketones is 1. The number of benzene rings is 2. The summed E-state index contributed by atoms with van der Waals surface area (Å²) < 4.78 is 35.1. The first kappa shape index (κ1) is 124. The van der Waals surface area contributed by atoms with Gasteiger partial charge in [0.2, 0.25) is 47.3 Å². The molecule has 0 bridgehead atoms. The van der Waals surface area contributed by atoms with Gasteiger partial charge in [-0.15, -0.1) is 22.7 Å². The monoisotopic (exact) mass is 2010 g/mol. The number of aliphatic carboxylic acids is 1. The van der Waals surface area contributed by atoms with Crippen LogP contribution in [0.4, 0.5) is 9.59 Å². The predicted molar refractivity (Wildman–Crippen MR) is 554 cm³/mol. The van der Waals surface area contributed by atoms with Crippen molar-refractivity contribution in [1.82, 2.24) is 59.8 Å². The Balaban J connectivity index is 0.000000497. The maximum absolute atomic E-state index is 14.8. The number of ether oxygens (including phenoxy) is 6. The molecule has 0 unspecified atom stereocenters. The number of amides is 10. The molecule has 0 spiro atoms. The van der Waals surface area contributed by atoms with Crippen LogP contribution in [0.3, 0.4) is 0 Å². The Morgan fingerprint density at radius 1 is 0.468 bits per heavy atom. The van der Waals surface area contributed by atoms with Crippen molar-refractivity contribution in [1.29, 1.82) is 0 Å². The number of rotatable bonds is 50. The van der Waals surface area contributed by atoms with Crippen molar-refractivity contribution in [2.45, 2.75) is 352 Å². The van der Waals surface area contributed by atoms with E-state index in [0.29, 0.717) is 51.6 Å². The van der Waals surface area contributed by atoms with Crippen LogP contribution in [-0.2, 0) is 89.2 Å². The quantitative estimate of drug-likeness (QED) is 0.0319. The van der Waals surface area contributed by atoms with E-state index in [9.17, 15) is 62.6 Å². The molecule has 10 amide bonds. The van der Waals surface area contributed by atoms with Crippen LogP contribution in [0, 0.1) is 65.1 Å². The van der Waals surface area contributed by atoms with E-state index >= 15 is 0 Å². The highest BCUT2D eigenvalue weighted by Gasteiger charge is 2.48. The molecule has 2 fully saturated rings. The molecular weight excluding hydrogens is 1840 g/mol. The van der Waals surface area contributed by atoms with Gasteiger partial charge in [-0.2, -0.15) is 0 Å². The first-order valence-electron chi connectivity index (χ1n) is 50.6. The highest BCUT2D eigenvalue weighted by molar-refractivity contribution is 7.09. The van der Waals surface area contributed by atoms with Crippen molar-refractivity contribution < 1.29 is 91.1 Å². The highest BCUT2D eigenvalue weighted by atomic mass is 32.1. The van der Waals surface area contributed by atoms with Gasteiger partial charge in [0.15, 0.2) is 5.78 Å². The summed E-state index contributed by atoms with van der Waals surface area (Å²) in [5, 5.41) is 21.3. The van der Waals surface area contributed by atoms with E-state index in [1.165, 1.54) is 56.4 Å². The Bertz CT molecular complexity index is 4500. The van der Waals surface area contributed by atoms with E-state index < -0.39 is 114 Å². The second-order valence-corrected chi connectivity index (χ2v) is 44.7. The number of Topliss-reactive ketones (excluding diaryl/α,β-unsaturated/α-hetero) is 1. The fraction of sp³-hybridized carbons (Fsp3) is 0.720. The van der Waals surface area contributed by atoms with Crippen molar-refractivity contribution in [2.24, 2.45) is 70.8 Å². The van der Waals surface area contributed by atoms with Crippen LogP contribution < -0.4 is 16.4 Å². The van der Waals surface area contributed by atoms with E-state index in [1.54, 1.807) is 134 Å². The summed E-state index contributed by atoms with van der Waals surface area (Å²) in [5.41, 5.74) is 6.98. The van der Waals surface area contributed by atoms with Gasteiger partial charge in [-0.3, -0.25) is 53.0 Å². The van der Waals surface area contributed by atoms with E-state index in [1.807, 2.05) is 178 Å². The molecule has 2 aromatic carbocycles. The lowest BCUT2D eigenvalue weighted by atomic mass is 9.83. The minimum atomic E-state index is -1.06. The number of nitrogens with two attached hydrogens (primary N) is 1. The summed E-state index contributed by atoms with van der Waals surface area (Å²) in [5.74, 6) is -5.51. The fourth-order valence-electron chi connectivity index (χ4n) is 19.2. The molecule has 0 radical (unpaired) electrons. The molecule has 2 saturated heterocycles. The molecular formula is C107H177N13O19S2. The first-order valence-corrected chi connectivity index (χ1v) is 52.4. The lowest BCUT2D eigenvalue weighted by Gasteiger charge is -2.41. The number of hydrogen-bond donors (Lipinski definition) is 4. The van der Waals surface area contributed by atoms with Gasteiger partial charge in [-0.1, -0.05) is 198 Å². The number of carboxylic acids is 1. The third-order valence-electron chi connectivity index (χ3n) is 27.4. The van der Waals surface area contributed by atoms with Gasteiger partial charge in [0.1, 0.15) is 39.3 Å². The number of likely N-dealkylation sites (tertiary alicyclic amines) is 2. The minimum Gasteiger partial charge on any atom is -0.480 e. The lowest BCUT2D eigenvalue weighted by molar-refractivity contribution is -0.153. The Kier molecular flexibility index (Phi) is 51.8. The highest BCUT2D eigenvalue weighted by Crippen LogP contribution is 2.36. The molecule has 141 heavy (non-hydrogen) atoms. The largest absolute Gasteiger partial charge is 0.480 e. The van der Waals surface area contributed by atoms with Crippen molar-refractivity contribution in [3.63, 3.8) is 0 Å². The number of carboxylic acid groups (broad SMARTS) is 1. The number of hydrogen-bond acceptors (Lipinski definition) is 23. The van der Waals surface area contributed by atoms with E-state index in [-0.39, 0.29) is 144 Å². The molecule has 0 aliphatic carbocycles. The molecule has 2 aliphatic heterocycles. The molecule has 0 saturated carbocycles. The summed E-state index contributed by atoms with van der Waals surface area (Å²) in [6.45, 7) is 46.3. The second-order valence-electron chi connectivity index (χ2n) is 42.8. The number of methoxy groups -OCH3 is 4. The molecule has 4 heterocycles. The van der Waals surface area contributed by atoms with E-state index in [4.69, 9.17) is 34.2 Å². The summed E-state index contributed by atoms with van der Waals surface area (Å²) in [4.78, 5) is 185. The average Bonchev–Trinajstić information content (AvgIpc) is 1.65. The molecule has 5 N–H and O–H groups in total. The maximum atomic E-state index is 14.8. The van der Waals surface area contributed by atoms with Crippen LogP contribution in [0.15, 0.2) is 83.8 Å². The number of nitrogens with zero attached hydrogens (tertiary/aromatic N) is 10. The van der Waals surface area contributed by atoms with Crippen LogP contribution in [0.2, 0.25) is 0 Å². The van der Waals surface area contributed by atoms with Gasteiger partial charge >= 0.3 is 18.2 Å². The summed E-state index contributed by atoms with van der Waals surface area (Å²) in [6.07, 6.45) is 6.37. The number of carbonyl (C=O) groups excluding carboxylic acids is 11. The SMILES string of the molecule is CC(C)C[C@@H](C(=O)N(C)[C@H](C(=O)O)C(C)C)N(C)C(=O)OC(C)(C)C.CC[C@H](C)[C@@H]([C@@H](CC(=O)N1CCC[C@H]1[C@H](OC)[C@@H](C)C(=O)N[C@@H](Cc1ccccc1)c1nccs1)OC)N(C)C(=O)[C@@H](CC(=O)[C@H](C(C)C)N(C)C(=O)[C@H](CC(C)C)N(C)C(=O)OC(C)(C)C)C(C)C.CC[C@H](C)[C@@H]([C@@H](CC(=O)N1CCC[C@H]1[C@H](OC)[C@@H](C)C(=O)N[C@@H](Cc1ccccc1)c1nccs1)OC)N(C)C(=O)[C@@H](N)C(C)C. The Morgan fingerprint density at radius 2 is 0.823 bits per heavy atom. The smallest absolute Gasteiger partial charge is 0.410 e. The van der Waals surface area contributed by atoms with Crippen molar-refractivity contribution in [2.75, 3.05) is 83.8 Å². The number of thiazole rings is 2. The molecule has 34 heteroatoms. The number of likely N-dealkylation sites (N-methyl/N-ethyl adjacent to an activating group) is 6. The summed E-state index contributed by atoms with van der Waals surface area (Å²) >= 11 is 3.01. The van der Waals surface area contributed by atoms with Gasteiger partial charge in [0, 0.05) is 119 Å². The lowest BCUT2D eigenvalue weighted by Crippen LogP contribution is -2.56. The van der Waals surface area contributed by atoms with Crippen LogP contribution in [0.5, 0.6) is 0 Å². The van der Waals surface area contributed by atoms with Gasteiger partial charge in [-0.05, 0) is 151 Å². The topological polar surface area (TPSA) is 382 Å². The third kappa shape index (κ3) is 36.9. The molecule has 32 nitrogen and oxygen atoms in total. The first-order chi connectivity index (χ1) is 65.9. The van der Waals surface area contributed by atoms with Gasteiger partial charge in [0.25, 0.3) is 0 Å². The minimum absolute atomic E-state index is 0.0112. The molecule has 796 valence electrons. The second kappa shape index (κ2) is 58.8. The summed E-state index contributed by atoms with van der Waals surface area (Å²) in [7, 11) is 15.9. The molecule has 2 aromatic heterocycles. The normalized spacial score (nSPS) is 17.9. The Morgan fingerprint density at radius 3 is 1.11 bits per heavy atom. The van der Waals surface area contributed by atoms with Crippen LogP contribution in [0.25, 0.3) is 0 Å². The molecule has 4 aromatic rings. The zero-order valence-corrected chi connectivity index (χ0v) is 93.0. The van der Waals surface area contributed by atoms with Crippen molar-refractivity contribution in [3.8, 4) is 0 Å². The number of aromatic nitrogens is 2. The van der Waals surface area contributed by atoms with Crippen LogP contribution >= 0.6 is 22.7 Å². The van der Waals surface area contributed by atoms with Gasteiger partial charge in [0.05, 0.1) is 97.4 Å². The third-order valence-corrected chi connectivity index (χ3v) is 29.2. The van der Waals surface area contributed by atoms with Crippen molar-refractivity contribution in [3.05, 3.63) is 105 Å². The Hall–Kier alpha value is -9.06. The number of nitrogens with one attached hydrogen (secondary N) is 2. The average molecular weight is 2010 g/mol. The summed E-state index contributed by atoms with van der Waals surface area (Å²) in [6, 6.07) is 13.8. The van der Waals surface area contributed by atoms with E-state index in [2.05, 4.69) is 34.4 Å². The molecule has 2 aliphatic rings. The standard InChI is InChI=1S/C54H88N6O9S.C35H55N5O5S.C18H34N2O5/c1-18-36(8)47(59(15)51(64)39(34(4)5)31-43(61)46(35(6)7)58(14)52(65)42(29-33(2)3)57(13)53(66)69-54(10,11)12)44(67-16)32-45(62)60-27-22-25-41(60)48(68-17)37(9)49(63)56-40(50-55-26-28-70-50)30-38-23-20-19-21-24-38;1-9-23(4)31(39(6)35(43)30(36)22(2)3)28(44-7)21-29(41)40-18-13-16-27(40)32(45-8)24(5)33(42)38-26(34-37-17-19-46-34)20-25-14-11-10-12-15-25;1-11(2)10-13(19(8)17(24)25-18(5,6)7)15(21)20(9)14(12(3)4)16(22)23/h19-21,23-24,26,28,33-37,39-42,44,46-48H,18,22,25,27,29-32H2,1-17H3,(H,56,63);10-12,14-15,17,19,22-24,26-28,30-32H,9,13,16,18,20-21,36H2,1-8H3,(H,38,42);11-14H,10H2,1-9H3,(H,22,23)/t36-,37+,39-,40-,41-,42-,44+,46-,47-,48+;23-,24+,26-,27-,28+,30-,31-,32+;13-,14-/m000/s1. The Labute approximate surface area is 851 Å². The zero-order chi connectivity index (χ0) is 107. The predicted octanol–water partition coefficient (Wildman–Crippen LogP) is 15.7. The number of carbonyl (C=O) groups is 12.